The molecule has 4 aromatic rings. The lowest BCUT2D eigenvalue weighted by atomic mass is 9.57. The molecule has 1 N–H and O–H groups in total. The molecule has 6 rings (SSSR count). The number of hydrogen-bond acceptors (Lipinski definition) is 5. The van der Waals surface area contributed by atoms with Crippen molar-refractivity contribution in [1.29, 1.82) is 0 Å². The average molecular weight is 539 g/mol. The van der Waals surface area contributed by atoms with Crippen LogP contribution in [0.15, 0.2) is 78.9 Å². The van der Waals surface area contributed by atoms with Crippen molar-refractivity contribution in [3.8, 4) is 28.4 Å². The summed E-state index contributed by atoms with van der Waals surface area (Å²) in [7, 11) is 1.56. The molecule has 1 heterocycles. The van der Waals surface area contributed by atoms with Crippen molar-refractivity contribution in [3.05, 3.63) is 90.0 Å². The van der Waals surface area contributed by atoms with Gasteiger partial charge in [-0.15, -0.1) is 0 Å². The lowest BCUT2D eigenvalue weighted by molar-refractivity contribution is -0.157. The van der Waals surface area contributed by atoms with Crippen LogP contribution in [-0.2, 0) is 16.9 Å². The zero-order valence-electron chi connectivity index (χ0n) is 24.0. The molecule has 5 heteroatoms. The van der Waals surface area contributed by atoms with Crippen LogP contribution in [0.1, 0.15) is 58.1 Å². The number of fused-ring (bicyclic) bond motifs is 2. The molecular weight excluding hydrogens is 500 g/mol. The van der Waals surface area contributed by atoms with Crippen molar-refractivity contribution in [2.75, 3.05) is 7.11 Å². The second-order valence-electron chi connectivity index (χ2n) is 12.9. The Kier molecular flexibility index (Phi) is 6.55. The van der Waals surface area contributed by atoms with Crippen LogP contribution in [0.5, 0.6) is 17.2 Å². The van der Waals surface area contributed by atoms with E-state index in [-0.39, 0.29) is 10.8 Å². The molecule has 208 valence electrons. The van der Waals surface area contributed by atoms with Crippen molar-refractivity contribution in [1.82, 2.24) is 0 Å². The average Bonchev–Trinajstić information content (AvgIpc) is 3.31. The molecule has 0 saturated heterocycles. The highest BCUT2D eigenvalue weighted by molar-refractivity contribution is 6.04. The summed E-state index contributed by atoms with van der Waals surface area (Å²) in [4.78, 5) is 0. The SMILES string of the molecule is COC1Oc2cc3c(OCc4ccccc4)cc(C4(O)CC(C)(C)CC(C)(C)C4)c(-c4ccccc4)c3cc2O1. The van der Waals surface area contributed by atoms with Crippen LogP contribution >= 0.6 is 0 Å². The van der Waals surface area contributed by atoms with Crippen molar-refractivity contribution in [2.45, 2.75) is 65.6 Å². The minimum absolute atomic E-state index is 0.0367. The van der Waals surface area contributed by atoms with Crippen LogP contribution in [-0.4, -0.2) is 18.7 Å². The summed E-state index contributed by atoms with van der Waals surface area (Å²) >= 11 is 0. The normalized spacial score (nSPS) is 20.4. The molecule has 0 amide bonds. The molecule has 1 aliphatic carbocycles. The van der Waals surface area contributed by atoms with E-state index in [1.54, 1.807) is 7.11 Å². The van der Waals surface area contributed by atoms with Crippen LogP contribution in [0.25, 0.3) is 21.9 Å². The number of methoxy groups -OCH3 is 1. The number of ether oxygens (including phenoxy) is 4. The Bertz CT molecular complexity index is 1510. The first-order chi connectivity index (χ1) is 19.1. The quantitative estimate of drug-likeness (QED) is 0.268. The van der Waals surface area contributed by atoms with Gasteiger partial charge in [-0.05, 0) is 75.9 Å². The summed E-state index contributed by atoms with van der Waals surface area (Å²) < 4.78 is 23.7. The van der Waals surface area contributed by atoms with Gasteiger partial charge in [-0.1, -0.05) is 88.4 Å². The topological polar surface area (TPSA) is 57.2 Å². The Morgan fingerprint density at radius 2 is 1.35 bits per heavy atom. The number of rotatable bonds is 6. The minimum Gasteiger partial charge on any atom is -0.488 e. The largest absolute Gasteiger partial charge is 0.488 e. The van der Waals surface area contributed by atoms with Crippen molar-refractivity contribution < 1.29 is 24.1 Å². The first-order valence-electron chi connectivity index (χ1n) is 14.0. The van der Waals surface area contributed by atoms with Gasteiger partial charge in [0.15, 0.2) is 11.5 Å². The third kappa shape index (κ3) is 5.04. The van der Waals surface area contributed by atoms with Gasteiger partial charge in [0.2, 0.25) is 0 Å². The van der Waals surface area contributed by atoms with E-state index in [4.69, 9.17) is 18.9 Å². The molecule has 5 nitrogen and oxygen atoms in total. The molecule has 1 unspecified atom stereocenters. The molecule has 1 aliphatic heterocycles. The van der Waals surface area contributed by atoms with Gasteiger partial charge in [0.05, 0.1) is 5.60 Å². The van der Waals surface area contributed by atoms with Gasteiger partial charge in [0.25, 0.3) is 0 Å². The maximum atomic E-state index is 12.7. The van der Waals surface area contributed by atoms with Gasteiger partial charge in [0, 0.05) is 12.5 Å². The summed E-state index contributed by atoms with van der Waals surface area (Å²) in [5.74, 6) is 1.92. The summed E-state index contributed by atoms with van der Waals surface area (Å²) in [6.45, 7) is 8.65. The molecular formula is C35H38O5. The highest BCUT2D eigenvalue weighted by Crippen LogP contribution is 2.57. The molecule has 1 saturated carbocycles. The zero-order valence-corrected chi connectivity index (χ0v) is 24.0. The van der Waals surface area contributed by atoms with Gasteiger partial charge in [-0.25, -0.2) is 0 Å². The summed E-state index contributed by atoms with van der Waals surface area (Å²) in [6.07, 6.45) is 2.36. The fourth-order valence-electron chi connectivity index (χ4n) is 7.30. The fraction of sp³-hybridized carbons (Fsp3) is 0.371. The van der Waals surface area contributed by atoms with E-state index in [9.17, 15) is 5.11 Å². The Morgan fingerprint density at radius 1 is 0.775 bits per heavy atom. The van der Waals surface area contributed by atoms with Gasteiger partial charge in [-0.3, -0.25) is 0 Å². The Morgan fingerprint density at radius 3 is 1.95 bits per heavy atom. The lowest BCUT2D eigenvalue weighted by Crippen LogP contribution is -2.44. The van der Waals surface area contributed by atoms with Gasteiger partial charge in [0.1, 0.15) is 12.4 Å². The third-order valence-electron chi connectivity index (χ3n) is 8.10. The van der Waals surface area contributed by atoms with Crippen molar-refractivity contribution in [3.63, 3.8) is 0 Å². The monoisotopic (exact) mass is 538 g/mol. The molecule has 1 fully saturated rings. The van der Waals surface area contributed by atoms with E-state index in [0.29, 0.717) is 36.7 Å². The third-order valence-corrected chi connectivity index (χ3v) is 8.10. The lowest BCUT2D eigenvalue weighted by Gasteiger charge is -2.50. The van der Waals surface area contributed by atoms with E-state index < -0.39 is 12.1 Å². The Balaban J connectivity index is 1.61. The number of aliphatic hydroxyl groups is 1. The smallest absolute Gasteiger partial charge is 0.360 e. The molecule has 0 radical (unpaired) electrons. The maximum absolute atomic E-state index is 12.7. The molecule has 4 aromatic carbocycles. The van der Waals surface area contributed by atoms with Crippen LogP contribution in [0.4, 0.5) is 0 Å². The second kappa shape index (κ2) is 9.83. The predicted octanol–water partition coefficient (Wildman–Crippen LogP) is 8.21. The molecule has 0 spiro atoms. The zero-order chi connectivity index (χ0) is 28.1. The van der Waals surface area contributed by atoms with E-state index >= 15 is 0 Å². The van der Waals surface area contributed by atoms with E-state index in [1.807, 2.05) is 48.5 Å². The summed E-state index contributed by atoms with van der Waals surface area (Å²) in [5.41, 5.74) is 2.86. The van der Waals surface area contributed by atoms with Crippen LogP contribution < -0.4 is 14.2 Å². The van der Waals surface area contributed by atoms with Gasteiger partial charge >= 0.3 is 6.48 Å². The first kappa shape index (κ1) is 26.7. The van der Waals surface area contributed by atoms with E-state index in [2.05, 4.69) is 58.0 Å². The van der Waals surface area contributed by atoms with Gasteiger partial charge in [-0.2, -0.15) is 0 Å². The first-order valence-corrected chi connectivity index (χ1v) is 14.0. The highest BCUT2D eigenvalue weighted by atomic mass is 16.9. The number of hydrogen-bond donors (Lipinski definition) is 1. The van der Waals surface area contributed by atoms with E-state index in [1.165, 1.54) is 0 Å². The predicted molar refractivity (Wildman–Crippen MR) is 158 cm³/mol. The Hall–Kier alpha value is -3.54. The molecule has 0 aromatic heterocycles. The Labute approximate surface area is 236 Å². The molecule has 2 aliphatic rings. The molecule has 40 heavy (non-hydrogen) atoms. The summed E-state index contributed by atoms with van der Waals surface area (Å²) in [5, 5.41) is 14.5. The van der Waals surface area contributed by atoms with E-state index in [0.717, 1.165) is 39.4 Å². The van der Waals surface area contributed by atoms with Crippen molar-refractivity contribution in [2.24, 2.45) is 10.8 Å². The second-order valence-corrected chi connectivity index (χ2v) is 12.9. The highest BCUT2D eigenvalue weighted by Gasteiger charge is 2.48. The standard InChI is InChI=1S/C35H38O5/c1-33(2)20-34(3,4)22-35(36,21-33)27-18-28(38-19-23-12-8-6-9-13-23)25-16-29-30(40-32(37-5)39-29)17-26(25)31(27)24-14-10-7-11-15-24/h6-18,32,36H,19-22H2,1-5H3. The van der Waals surface area contributed by atoms with Crippen molar-refractivity contribution >= 4 is 10.8 Å². The molecule has 0 bridgehead atoms. The number of benzene rings is 4. The van der Waals surface area contributed by atoms with Crippen LogP contribution in [0.2, 0.25) is 0 Å². The van der Waals surface area contributed by atoms with Crippen LogP contribution in [0.3, 0.4) is 0 Å². The summed E-state index contributed by atoms with van der Waals surface area (Å²) in [6, 6.07) is 26.5. The minimum atomic E-state index is -1.05. The maximum Gasteiger partial charge on any atom is 0.360 e. The fourth-order valence-corrected chi connectivity index (χ4v) is 7.30. The van der Waals surface area contributed by atoms with Gasteiger partial charge < -0.3 is 24.1 Å². The van der Waals surface area contributed by atoms with Crippen LogP contribution in [0, 0.1) is 10.8 Å². The molecule has 1 atom stereocenters.